The number of carbonyl (C=O) groups is 1. The summed E-state index contributed by atoms with van der Waals surface area (Å²) in [6.07, 6.45) is 1.63. The molecule has 1 aromatic carbocycles. The first-order valence-corrected chi connectivity index (χ1v) is 6.74. The quantitative estimate of drug-likeness (QED) is 0.842. The average molecular weight is 336 g/mol. The smallest absolute Gasteiger partial charge is 0.263 e. The van der Waals surface area contributed by atoms with E-state index in [9.17, 15) is 4.79 Å². The van der Waals surface area contributed by atoms with Crippen molar-refractivity contribution in [3.63, 3.8) is 0 Å². The molecule has 0 unspecified atom stereocenters. The summed E-state index contributed by atoms with van der Waals surface area (Å²) >= 11 is 3.32. The molecule has 0 saturated carbocycles. The Labute approximate surface area is 125 Å². The van der Waals surface area contributed by atoms with Crippen molar-refractivity contribution >= 4 is 33.3 Å². The van der Waals surface area contributed by atoms with Crippen LogP contribution in [0.5, 0.6) is 5.75 Å². The van der Waals surface area contributed by atoms with Crippen molar-refractivity contribution in [3.8, 4) is 5.75 Å². The third-order valence-electron chi connectivity index (χ3n) is 2.53. The maximum absolute atomic E-state index is 11.8. The zero-order valence-corrected chi connectivity index (χ0v) is 12.5. The van der Waals surface area contributed by atoms with E-state index in [1.54, 1.807) is 30.5 Å². The number of nitrogens with one attached hydrogen (secondary N) is 1. The zero-order chi connectivity index (χ0) is 14.5. The Morgan fingerprint density at radius 2 is 2.25 bits per heavy atom. The van der Waals surface area contributed by atoms with E-state index in [4.69, 9.17) is 10.5 Å². The Kier molecular flexibility index (Phi) is 4.57. The van der Waals surface area contributed by atoms with Crippen molar-refractivity contribution in [2.75, 3.05) is 17.7 Å². The summed E-state index contributed by atoms with van der Waals surface area (Å²) in [5.74, 6) is 0.806. The van der Waals surface area contributed by atoms with E-state index in [0.29, 0.717) is 17.3 Å². The van der Waals surface area contributed by atoms with Gasteiger partial charge < -0.3 is 15.8 Å². The van der Waals surface area contributed by atoms with Crippen LogP contribution in [0.4, 0.5) is 11.5 Å². The molecule has 20 heavy (non-hydrogen) atoms. The molecule has 2 rings (SSSR count). The van der Waals surface area contributed by atoms with E-state index >= 15 is 0 Å². The molecular formula is C14H14BrN3O2. The summed E-state index contributed by atoms with van der Waals surface area (Å²) in [6, 6.07) is 8.80. The molecule has 1 heterocycles. The fraction of sp³-hybridized carbons (Fsp3) is 0.143. The fourth-order valence-electron chi connectivity index (χ4n) is 1.59. The summed E-state index contributed by atoms with van der Waals surface area (Å²) in [6.45, 7) is 1.77. The van der Waals surface area contributed by atoms with Gasteiger partial charge in [0, 0.05) is 22.4 Å². The molecule has 1 amide bonds. The number of nitrogens with zero attached hydrogens (tertiary/aromatic N) is 1. The molecule has 1 aromatic heterocycles. The van der Waals surface area contributed by atoms with E-state index in [0.717, 1.165) is 10.0 Å². The lowest BCUT2D eigenvalue weighted by Crippen LogP contribution is -2.21. The van der Waals surface area contributed by atoms with E-state index in [1.807, 2.05) is 13.0 Å². The SMILES string of the molecule is Cc1cc(Br)cnc1NC(=O)COc1cccc(N)c1. The van der Waals surface area contributed by atoms with Crippen molar-refractivity contribution < 1.29 is 9.53 Å². The molecule has 0 fully saturated rings. The average Bonchev–Trinajstić information content (AvgIpc) is 2.40. The molecule has 0 saturated heterocycles. The second kappa shape index (κ2) is 6.38. The van der Waals surface area contributed by atoms with Gasteiger partial charge in [-0.2, -0.15) is 0 Å². The third kappa shape index (κ3) is 3.96. The van der Waals surface area contributed by atoms with E-state index < -0.39 is 0 Å². The lowest BCUT2D eigenvalue weighted by Gasteiger charge is -2.09. The van der Waals surface area contributed by atoms with Crippen LogP contribution in [0, 0.1) is 6.92 Å². The monoisotopic (exact) mass is 335 g/mol. The Morgan fingerprint density at radius 3 is 2.95 bits per heavy atom. The van der Waals surface area contributed by atoms with E-state index in [2.05, 4.69) is 26.2 Å². The number of halogens is 1. The van der Waals surface area contributed by atoms with Gasteiger partial charge in [0.05, 0.1) is 0 Å². The van der Waals surface area contributed by atoms with Gasteiger partial charge in [0.1, 0.15) is 11.6 Å². The van der Waals surface area contributed by atoms with Crippen LogP contribution in [-0.4, -0.2) is 17.5 Å². The maximum atomic E-state index is 11.8. The number of ether oxygens (including phenoxy) is 1. The topological polar surface area (TPSA) is 77.2 Å². The van der Waals surface area contributed by atoms with Crippen molar-refractivity contribution in [3.05, 3.63) is 46.6 Å². The molecule has 3 N–H and O–H groups in total. The molecule has 104 valence electrons. The molecular weight excluding hydrogens is 322 g/mol. The summed E-state index contributed by atoms with van der Waals surface area (Å²) in [4.78, 5) is 15.9. The number of benzene rings is 1. The minimum atomic E-state index is -0.273. The lowest BCUT2D eigenvalue weighted by atomic mass is 10.3. The highest BCUT2D eigenvalue weighted by Crippen LogP contribution is 2.17. The number of aromatic nitrogens is 1. The number of anilines is 2. The van der Waals surface area contributed by atoms with Crippen LogP contribution in [-0.2, 0) is 4.79 Å². The van der Waals surface area contributed by atoms with Gasteiger partial charge in [-0.25, -0.2) is 4.98 Å². The van der Waals surface area contributed by atoms with Crippen LogP contribution in [0.1, 0.15) is 5.56 Å². The standard InChI is InChI=1S/C14H14BrN3O2/c1-9-5-10(15)7-17-14(9)18-13(19)8-20-12-4-2-3-11(16)6-12/h2-7H,8,16H2,1H3,(H,17,18,19). The molecule has 0 radical (unpaired) electrons. The van der Waals surface area contributed by atoms with Gasteiger partial charge >= 0.3 is 0 Å². The molecule has 0 bridgehead atoms. The Morgan fingerprint density at radius 1 is 1.45 bits per heavy atom. The number of hydrogen-bond donors (Lipinski definition) is 2. The molecule has 0 aliphatic heterocycles. The number of pyridine rings is 1. The largest absolute Gasteiger partial charge is 0.484 e. The number of rotatable bonds is 4. The normalized spacial score (nSPS) is 10.1. The van der Waals surface area contributed by atoms with Crippen molar-refractivity contribution in [1.82, 2.24) is 4.98 Å². The van der Waals surface area contributed by atoms with Gasteiger partial charge in [-0.3, -0.25) is 4.79 Å². The maximum Gasteiger partial charge on any atom is 0.263 e. The molecule has 6 heteroatoms. The molecule has 0 atom stereocenters. The van der Waals surface area contributed by atoms with Gasteiger partial charge in [-0.15, -0.1) is 0 Å². The van der Waals surface area contributed by atoms with Gasteiger partial charge in [-0.05, 0) is 46.6 Å². The summed E-state index contributed by atoms with van der Waals surface area (Å²) in [7, 11) is 0. The highest BCUT2D eigenvalue weighted by atomic mass is 79.9. The number of carbonyl (C=O) groups excluding carboxylic acids is 1. The van der Waals surface area contributed by atoms with Crippen molar-refractivity contribution in [2.45, 2.75) is 6.92 Å². The van der Waals surface area contributed by atoms with Crippen LogP contribution in [0.15, 0.2) is 41.0 Å². The van der Waals surface area contributed by atoms with Gasteiger partial charge in [0.25, 0.3) is 5.91 Å². The van der Waals surface area contributed by atoms with Crippen LogP contribution >= 0.6 is 15.9 Å². The number of nitrogens with two attached hydrogens (primary N) is 1. The van der Waals surface area contributed by atoms with Crippen LogP contribution in [0.3, 0.4) is 0 Å². The third-order valence-corrected chi connectivity index (χ3v) is 2.96. The fourth-order valence-corrected chi connectivity index (χ4v) is 2.04. The molecule has 0 aliphatic rings. The number of amides is 1. The van der Waals surface area contributed by atoms with Gasteiger partial charge in [0.2, 0.25) is 0 Å². The van der Waals surface area contributed by atoms with Gasteiger partial charge in [0.15, 0.2) is 6.61 Å². The first-order chi connectivity index (χ1) is 9.54. The molecule has 0 aliphatic carbocycles. The summed E-state index contributed by atoms with van der Waals surface area (Å²) in [5.41, 5.74) is 7.09. The summed E-state index contributed by atoms with van der Waals surface area (Å²) < 4.78 is 6.22. The predicted octanol–water partition coefficient (Wildman–Crippen LogP) is 2.75. The van der Waals surface area contributed by atoms with Gasteiger partial charge in [-0.1, -0.05) is 6.07 Å². The Hall–Kier alpha value is -2.08. The van der Waals surface area contributed by atoms with Crippen LogP contribution < -0.4 is 15.8 Å². The summed E-state index contributed by atoms with van der Waals surface area (Å²) in [5, 5.41) is 2.70. The second-order valence-electron chi connectivity index (χ2n) is 4.23. The zero-order valence-electron chi connectivity index (χ0n) is 10.9. The lowest BCUT2D eigenvalue weighted by molar-refractivity contribution is -0.118. The van der Waals surface area contributed by atoms with Crippen molar-refractivity contribution in [1.29, 1.82) is 0 Å². The molecule has 0 spiro atoms. The Bertz CT molecular complexity index is 632. The highest BCUT2D eigenvalue weighted by Gasteiger charge is 2.07. The second-order valence-corrected chi connectivity index (χ2v) is 5.14. The minimum Gasteiger partial charge on any atom is -0.484 e. The van der Waals surface area contributed by atoms with Crippen molar-refractivity contribution in [2.24, 2.45) is 0 Å². The molecule has 2 aromatic rings. The van der Waals surface area contributed by atoms with E-state index in [1.165, 1.54) is 0 Å². The number of nitrogen functional groups attached to an aromatic ring is 1. The predicted molar refractivity (Wildman–Crippen MR) is 81.7 cm³/mol. The Balaban J connectivity index is 1.92. The first-order valence-electron chi connectivity index (χ1n) is 5.95. The van der Waals surface area contributed by atoms with E-state index in [-0.39, 0.29) is 12.5 Å². The minimum absolute atomic E-state index is 0.0966. The number of aryl methyl sites for hydroxylation is 1. The highest BCUT2D eigenvalue weighted by molar-refractivity contribution is 9.10. The molecule has 5 nitrogen and oxygen atoms in total. The van der Waals surface area contributed by atoms with Crippen LogP contribution in [0.2, 0.25) is 0 Å². The first kappa shape index (κ1) is 14.3. The number of hydrogen-bond acceptors (Lipinski definition) is 4. The van der Waals surface area contributed by atoms with Crippen LogP contribution in [0.25, 0.3) is 0 Å².